The number of pyridine rings is 1. The van der Waals surface area contributed by atoms with E-state index in [0.717, 1.165) is 10.9 Å². The lowest BCUT2D eigenvalue weighted by atomic mass is 10.1. The fourth-order valence-electron chi connectivity index (χ4n) is 2.74. The summed E-state index contributed by atoms with van der Waals surface area (Å²) in [6, 6.07) is 14.3. The zero-order valence-electron chi connectivity index (χ0n) is 14.6. The lowest BCUT2D eigenvalue weighted by Gasteiger charge is -2.08. The molecule has 3 aromatic rings. The highest BCUT2D eigenvalue weighted by molar-refractivity contribution is 7.88. The van der Waals surface area contributed by atoms with Gasteiger partial charge >= 0.3 is 0 Å². The molecule has 1 aromatic heterocycles. The molecular weight excluding hydrogens is 352 g/mol. The number of aryl methyl sites for hydroxylation is 1. The van der Waals surface area contributed by atoms with Gasteiger partial charge in [-0.15, -0.1) is 0 Å². The van der Waals surface area contributed by atoms with Crippen LogP contribution in [0.15, 0.2) is 53.3 Å². The number of hydrogen-bond acceptors (Lipinski definition) is 4. The Morgan fingerprint density at radius 1 is 1.12 bits per heavy atom. The van der Waals surface area contributed by atoms with Crippen LogP contribution in [0, 0.1) is 6.92 Å². The number of ether oxygens (including phenoxy) is 1. The summed E-state index contributed by atoms with van der Waals surface area (Å²) in [5, 5.41) is 0.804. The Labute approximate surface area is 151 Å². The third kappa shape index (κ3) is 4.30. The zero-order valence-corrected chi connectivity index (χ0v) is 15.4. The number of benzene rings is 2. The molecule has 26 heavy (non-hydrogen) atoms. The van der Waals surface area contributed by atoms with Crippen LogP contribution in [0.4, 0.5) is 0 Å². The molecule has 136 valence electrons. The summed E-state index contributed by atoms with van der Waals surface area (Å²) in [4.78, 5) is 15.0. The Morgan fingerprint density at radius 3 is 2.65 bits per heavy atom. The van der Waals surface area contributed by atoms with Crippen LogP contribution in [-0.4, -0.2) is 20.5 Å². The van der Waals surface area contributed by atoms with Gasteiger partial charge in [0.2, 0.25) is 10.0 Å². The van der Waals surface area contributed by atoms with Gasteiger partial charge in [-0.2, -0.15) is 0 Å². The molecule has 0 bridgehead atoms. The van der Waals surface area contributed by atoms with E-state index in [2.05, 4.69) is 9.71 Å². The molecule has 2 N–H and O–H groups in total. The van der Waals surface area contributed by atoms with Crippen LogP contribution in [0.3, 0.4) is 0 Å². The fraction of sp³-hybridized carbons (Fsp3) is 0.211. The van der Waals surface area contributed by atoms with E-state index in [1.54, 1.807) is 31.4 Å². The molecule has 0 saturated heterocycles. The molecule has 0 radical (unpaired) electrons. The number of hydrogen-bond donors (Lipinski definition) is 2. The number of fused-ring (bicyclic) bond motifs is 1. The first kappa shape index (κ1) is 18.2. The van der Waals surface area contributed by atoms with Crippen LogP contribution in [0.5, 0.6) is 5.75 Å². The average Bonchev–Trinajstić information content (AvgIpc) is 2.59. The molecule has 0 saturated carbocycles. The van der Waals surface area contributed by atoms with E-state index in [1.807, 2.05) is 31.2 Å². The Balaban J connectivity index is 1.78. The summed E-state index contributed by atoms with van der Waals surface area (Å²) in [5.74, 6) is 0.511. The predicted molar refractivity (Wildman–Crippen MR) is 102 cm³/mol. The van der Waals surface area contributed by atoms with Crippen molar-refractivity contribution in [1.82, 2.24) is 9.71 Å². The van der Waals surface area contributed by atoms with Crippen LogP contribution >= 0.6 is 0 Å². The minimum absolute atomic E-state index is 0.0640. The first-order valence-corrected chi connectivity index (χ1v) is 9.74. The summed E-state index contributed by atoms with van der Waals surface area (Å²) in [6.45, 7) is 1.85. The highest BCUT2D eigenvalue weighted by atomic mass is 32.2. The Morgan fingerprint density at radius 2 is 1.92 bits per heavy atom. The molecule has 6 nitrogen and oxygen atoms in total. The normalized spacial score (nSPS) is 11.6. The fourth-order valence-corrected chi connectivity index (χ4v) is 3.84. The summed E-state index contributed by atoms with van der Waals surface area (Å²) in [5.41, 5.74) is 2.37. The van der Waals surface area contributed by atoms with Crippen molar-refractivity contribution in [2.24, 2.45) is 0 Å². The van der Waals surface area contributed by atoms with Crippen LogP contribution < -0.4 is 15.0 Å². The van der Waals surface area contributed by atoms with Gasteiger partial charge in [-0.3, -0.25) is 4.79 Å². The second-order valence-electron chi connectivity index (χ2n) is 6.15. The molecule has 0 atom stereocenters. The lowest BCUT2D eigenvalue weighted by Crippen LogP contribution is -2.28. The topological polar surface area (TPSA) is 88.3 Å². The molecule has 2 aromatic carbocycles. The van der Waals surface area contributed by atoms with E-state index >= 15 is 0 Å². The van der Waals surface area contributed by atoms with Crippen molar-refractivity contribution >= 4 is 20.9 Å². The van der Waals surface area contributed by atoms with Gasteiger partial charge in [-0.05, 0) is 36.1 Å². The van der Waals surface area contributed by atoms with Gasteiger partial charge in [0.15, 0.2) is 0 Å². The zero-order chi connectivity index (χ0) is 18.7. The quantitative estimate of drug-likeness (QED) is 0.696. The van der Waals surface area contributed by atoms with Gasteiger partial charge in [0.1, 0.15) is 5.75 Å². The number of aromatic nitrogens is 1. The molecule has 0 aliphatic carbocycles. The molecule has 3 rings (SSSR count). The van der Waals surface area contributed by atoms with Gasteiger partial charge in [-0.1, -0.05) is 29.8 Å². The van der Waals surface area contributed by atoms with Crippen molar-refractivity contribution in [1.29, 1.82) is 0 Å². The maximum absolute atomic E-state index is 12.3. The standard InChI is InChI=1S/C19H20N2O4S/c1-13-4-3-5-14(8-13)12-26(23,24)20-11-16-9-15-6-7-17(25-2)10-18(15)21-19(16)22/h3-10,20H,11-12H2,1-2H3,(H,21,22). The summed E-state index contributed by atoms with van der Waals surface area (Å²) < 4.78 is 32.2. The highest BCUT2D eigenvalue weighted by Crippen LogP contribution is 2.18. The molecule has 0 aliphatic heterocycles. The molecule has 0 aliphatic rings. The van der Waals surface area contributed by atoms with E-state index in [9.17, 15) is 13.2 Å². The van der Waals surface area contributed by atoms with Crippen molar-refractivity contribution in [3.05, 3.63) is 75.6 Å². The monoisotopic (exact) mass is 372 g/mol. The maximum atomic E-state index is 12.3. The number of rotatable bonds is 6. The summed E-state index contributed by atoms with van der Waals surface area (Å²) in [7, 11) is -2.00. The number of nitrogens with one attached hydrogen (secondary N) is 2. The third-order valence-corrected chi connectivity index (χ3v) is 5.35. The lowest BCUT2D eigenvalue weighted by molar-refractivity contribution is 0.415. The van der Waals surface area contributed by atoms with Crippen molar-refractivity contribution < 1.29 is 13.2 Å². The third-order valence-electron chi connectivity index (χ3n) is 4.05. The molecule has 0 amide bonds. The number of sulfonamides is 1. The second kappa shape index (κ2) is 7.31. The Kier molecular flexibility index (Phi) is 5.11. The van der Waals surface area contributed by atoms with Gasteiger partial charge in [0, 0.05) is 18.2 Å². The first-order valence-electron chi connectivity index (χ1n) is 8.09. The van der Waals surface area contributed by atoms with Crippen LogP contribution in [0.25, 0.3) is 10.9 Å². The Bertz CT molecular complexity index is 1100. The van der Waals surface area contributed by atoms with Gasteiger partial charge in [0.05, 0.1) is 18.4 Å². The SMILES string of the molecule is COc1ccc2cc(CNS(=O)(=O)Cc3cccc(C)c3)c(=O)[nH]c2c1. The summed E-state index contributed by atoms with van der Waals surface area (Å²) >= 11 is 0. The average molecular weight is 372 g/mol. The minimum atomic E-state index is -3.55. The van der Waals surface area contributed by atoms with E-state index in [-0.39, 0.29) is 17.9 Å². The molecule has 7 heteroatoms. The van der Waals surface area contributed by atoms with E-state index in [0.29, 0.717) is 22.4 Å². The molecular formula is C19H20N2O4S. The second-order valence-corrected chi connectivity index (χ2v) is 7.95. The van der Waals surface area contributed by atoms with E-state index in [1.165, 1.54) is 0 Å². The Hall–Kier alpha value is -2.64. The van der Waals surface area contributed by atoms with Crippen LogP contribution in [0.2, 0.25) is 0 Å². The summed E-state index contributed by atoms with van der Waals surface area (Å²) in [6.07, 6.45) is 0. The number of methoxy groups -OCH3 is 1. The molecule has 0 fully saturated rings. The van der Waals surface area contributed by atoms with Crippen molar-refractivity contribution in [2.75, 3.05) is 7.11 Å². The van der Waals surface area contributed by atoms with Gasteiger partial charge in [-0.25, -0.2) is 13.1 Å². The van der Waals surface area contributed by atoms with Crippen LogP contribution in [0.1, 0.15) is 16.7 Å². The van der Waals surface area contributed by atoms with Crippen molar-refractivity contribution in [2.45, 2.75) is 19.2 Å². The van der Waals surface area contributed by atoms with Gasteiger partial charge < -0.3 is 9.72 Å². The van der Waals surface area contributed by atoms with Crippen molar-refractivity contribution in [3.8, 4) is 5.75 Å². The number of aromatic amines is 1. The van der Waals surface area contributed by atoms with E-state index < -0.39 is 10.0 Å². The largest absolute Gasteiger partial charge is 0.497 e. The molecule has 0 unspecified atom stereocenters. The maximum Gasteiger partial charge on any atom is 0.252 e. The minimum Gasteiger partial charge on any atom is -0.497 e. The predicted octanol–water partition coefficient (Wildman–Crippen LogP) is 2.46. The first-order chi connectivity index (χ1) is 12.4. The van der Waals surface area contributed by atoms with E-state index in [4.69, 9.17) is 4.74 Å². The van der Waals surface area contributed by atoms with Gasteiger partial charge in [0.25, 0.3) is 5.56 Å². The smallest absolute Gasteiger partial charge is 0.252 e. The van der Waals surface area contributed by atoms with Crippen molar-refractivity contribution in [3.63, 3.8) is 0 Å². The highest BCUT2D eigenvalue weighted by Gasteiger charge is 2.13. The number of H-pyrrole nitrogens is 1. The molecule has 0 spiro atoms. The molecule has 1 heterocycles. The van der Waals surface area contributed by atoms with Crippen LogP contribution in [-0.2, 0) is 22.3 Å².